The van der Waals surface area contributed by atoms with Crippen molar-refractivity contribution in [1.29, 1.82) is 0 Å². The van der Waals surface area contributed by atoms with Gasteiger partial charge in [0.05, 0.1) is 5.92 Å². The van der Waals surface area contributed by atoms with Crippen molar-refractivity contribution in [2.45, 2.75) is 135 Å². The lowest BCUT2D eigenvalue weighted by Gasteiger charge is -2.11. The summed E-state index contributed by atoms with van der Waals surface area (Å²) in [4.78, 5) is 11.6. The van der Waals surface area contributed by atoms with Gasteiger partial charge in [-0.1, -0.05) is 84.0 Å². The molecule has 3 heteroatoms. The second-order valence-electron chi connectivity index (χ2n) is 8.48. The first-order valence-corrected chi connectivity index (χ1v) is 12.0. The molecule has 1 N–H and O–H groups in total. The van der Waals surface area contributed by atoms with Crippen molar-refractivity contribution in [1.82, 2.24) is 0 Å². The molecule has 1 saturated heterocycles. The van der Waals surface area contributed by atoms with Crippen LogP contribution in [0.1, 0.15) is 123 Å². The van der Waals surface area contributed by atoms with Crippen LogP contribution in [0.4, 0.5) is 0 Å². The van der Waals surface area contributed by atoms with Crippen LogP contribution in [0.3, 0.4) is 0 Å². The highest BCUT2D eigenvalue weighted by Gasteiger charge is 2.40. The lowest BCUT2D eigenvalue weighted by molar-refractivity contribution is -0.143. The summed E-state index contributed by atoms with van der Waals surface area (Å²) < 4.78 is 5.08. The number of ether oxygens (including phenoxy) is 1. The Morgan fingerprint density at radius 3 is 1.71 bits per heavy atom. The third-order valence-electron chi connectivity index (χ3n) is 5.85. The van der Waals surface area contributed by atoms with Gasteiger partial charge in [0.1, 0.15) is 12.2 Å². The fourth-order valence-corrected chi connectivity index (χ4v) is 3.90. The molecule has 0 aromatic heterocycles. The lowest BCUT2D eigenvalue weighted by atomic mass is 9.95. The topological polar surface area (TPSA) is 46.5 Å². The van der Waals surface area contributed by atoms with E-state index in [1.807, 2.05) is 0 Å². The molecule has 0 aromatic carbocycles. The van der Waals surface area contributed by atoms with Gasteiger partial charge in [-0.2, -0.15) is 0 Å². The Morgan fingerprint density at radius 1 is 0.786 bits per heavy atom. The summed E-state index contributed by atoms with van der Waals surface area (Å²) in [6.07, 6.45) is 19.9. The van der Waals surface area contributed by atoms with Crippen molar-refractivity contribution >= 4 is 5.97 Å². The quantitative estimate of drug-likeness (QED) is 0.184. The van der Waals surface area contributed by atoms with Crippen LogP contribution in [-0.4, -0.2) is 23.3 Å². The minimum atomic E-state index is -0.610. The van der Waals surface area contributed by atoms with Crippen LogP contribution in [0.2, 0.25) is 0 Å². The molecular formula is C25H44O3. The van der Waals surface area contributed by atoms with Crippen LogP contribution in [-0.2, 0) is 9.53 Å². The van der Waals surface area contributed by atoms with E-state index in [0.29, 0.717) is 0 Å². The Balaban J connectivity index is 1.80. The number of aliphatic hydroxyl groups is 1. The Kier molecular flexibility index (Phi) is 15.1. The highest BCUT2D eigenvalue weighted by Crippen LogP contribution is 2.26. The molecule has 0 bridgehead atoms. The molecule has 0 unspecified atom stereocenters. The zero-order valence-electron chi connectivity index (χ0n) is 18.5. The summed E-state index contributed by atoms with van der Waals surface area (Å²) in [6, 6.07) is 0. The molecule has 28 heavy (non-hydrogen) atoms. The molecule has 1 rings (SSSR count). The van der Waals surface area contributed by atoms with Gasteiger partial charge in [0.15, 0.2) is 0 Å². The van der Waals surface area contributed by atoms with Gasteiger partial charge in [0.2, 0.25) is 0 Å². The molecule has 0 radical (unpaired) electrons. The standard InChI is InChI=1S/C25H44O3/c1-3-4-5-6-7-8-9-10-11-12-13-14-15-16-17-18-19-20-21-23-24(26)22(2)28-25(23)27/h22-24,26H,3-9,12-21H2,1-2H3/t22-,23+,24+/m1/s1. The Labute approximate surface area is 174 Å². The minimum Gasteiger partial charge on any atom is -0.460 e. The lowest BCUT2D eigenvalue weighted by Crippen LogP contribution is -2.24. The molecule has 162 valence electrons. The van der Waals surface area contributed by atoms with Crippen LogP contribution < -0.4 is 0 Å². The Hall–Kier alpha value is -1.01. The van der Waals surface area contributed by atoms with Crippen LogP contribution in [0.15, 0.2) is 0 Å². The SMILES string of the molecule is CCCCCCCCC#CCCCCCCCCCC[C@@H]1C(=O)O[C@H](C)[C@@H]1O. The van der Waals surface area contributed by atoms with E-state index >= 15 is 0 Å². The summed E-state index contributed by atoms with van der Waals surface area (Å²) in [5.41, 5.74) is 0. The van der Waals surface area contributed by atoms with Gasteiger partial charge in [0, 0.05) is 12.8 Å². The van der Waals surface area contributed by atoms with E-state index < -0.39 is 6.10 Å². The molecule has 1 aliphatic rings. The zero-order chi connectivity index (χ0) is 20.5. The molecule has 1 fully saturated rings. The fourth-order valence-electron chi connectivity index (χ4n) is 3.90. The number of esters is 1. The number of carbonyl (C=O) groups excluding carboxylic acids is 1. The van der Waals surface area contributed by atoms with E-state index in [-0.39, 0.29) is 18.0 Å². The number of carbonyl (C=O) groups is 1. The van der Waals surface area contributed by atoms with E-state index in [9.17, 15) is 9.90 Å². The molecular weight excluding hydrogens is 348 g/mol. The highest BCUT2D eigenvalue weighted by molar-refractivity contribution is 5.75. The van der Waals surface area contributed by atoms with E-state index in [4.69, 9.17) is 4.74 Å². The van der Waals surface area contributed by atoms with Crippen LogP contribution in [0, 0.1) is 17.8 Å². The van der Waals surface area contributed by atoms with Crippen molar-refractivity contribution < 1.29 is 14.6 Å². The number of rotatable bonds is 16. The van der Waals surface area contributed by atoms with Gasteiger partial charge in [0.25, 0.3) is 0 Å². The number of hydrogen-bond donors (Lipinski definition) is 1. The number of aliphatic hydroxyl groups excluding tert-OH is 1. The maximum atomic E-state index is 11.6. The molecule has 0 spiro atoms. The summed E-state index contributed by atoms with van der Waals surface area (Å²) >= 11 is 0. The minimum absolute atomic E-state index is 0.213. The summed E-state index contributed by atoms with van der Waals surface area (Å²) in [6.45, 7) is 4.03. The first-order valence-electron chi connectivity index (χ1n) is 12.0. The van der Waals surface area contributed by atoms with E-state index in [0.717, 1.165) is 32.1 Å². The molecule has 1 aliphatic heterocycles. The van der Waals surface area contributed by atoms with Crippen molar-refractivity contribution in [2.75, 3.05) is 0 Å². The molecule has 3 atom stereocenters. The van der Waals surface area contributed by atoms with Crippen molar-refractivity contribution in [3.8, 4) is 11.8 Å². The monoisotopic (exact) mass is 392 g/mol. The first-order chi connectivity index (χ1) is 13.7. The number of unbranched alkanes of at least 4 members (excludes halogenated alkanes) is 14. The van der Waals surface area contributed by atoms with Crippen LogP contribution in [0.25, 0.3) is 0 Å². The summed E-state index contributed by atoms with van der Waals surface area (Å²) in [7, 11) is 0. The summed E-state index contributed by atoms with van der Waals surface area (Å²) in [5.74, 6) is 6.16. The van der Waals surface area contributed by atoms with Crippen molar-refractivity contribution in [2.24, 2.45) is 5.92 Å². The zero-order valence-corrected chi connectivity index (χ0v) is 18.5. The van der Waals surface area contributed by atoms with Gasteiger partial charge in [-0.15, -0.1) is 11.8 Å². The third kappa shape index (κ3) is 11.7. The third-order valence-corrected chi connectivity index (χ3v) is 5.85. The molecule has 3 nitrogen and oxygen atoms in total. The fraction of sp³-hybridized carbons (Fsp3) is 0.880. The van der Waals surface area contributed by atoms with E-state index in [1.165, 1.54) is 77.0 Å². The van der Waals surface area contributed by atoms with Crippen molar-refractivity contribution in [3.05, 3.63) is 0 Å². The maximum Gasteiger partial charge on any atom is 0.312 e. The highest BCUT2D eigenvalue weighted by atomic mass is 16.6. The van der Waals surface area contributed by atoms with Crippen molar-refractivity contribution in [3.63, 3.8) is 0 Å². The smallest absolute Gasteiger partial charge is 0.312 e. The number of cyclic esters (lactones) is 1. The van der Waals surface area contributed by atoms with Crippen LogP contribution in [0.5, 0.6) is 0 Å². The Bertz CT molecular complexity index is 448. The maximum absolute atomic E-state index is 11.6. The largest absolute Gasteiger partial charge is 0.460 e. The average molecular weight is 393 g/mol. The van der Waals surface area contributed by atoms with E-state index in [1.54, 1.807) is 6.92 Å². The van der Waals surface area contributed by atoms with Gasteiger partial charge in [-0.3, -0.25) is 4.79 Å². The Morgan fingerprint density at radius 2 is 1.25 bits per heavy atom. The number of hydrogen-bond acceptors (Lipinski definition) is 3. The van der Waals surface area contributed by atoms with Gasteiger partial charge in [-0.05, 0) is 26.2 Å². The van der Waals surface area contributed by atoms with Gasteiger partial charge >= 0.3 is 5.97 Å². The molecule has 0 aliphatic carbocycles. The van der Waals surface area contributed by atoms with E-state index in [2.05, 4.69) is 18.8 Å². The molecule has 0 amide bonds. The van der Waals surface area contributed by atoms with Gasteiger partial charge < -0.3 is 9.84 Å². The molecule has 0 saturated carbocycles. The molecule has 0 aromatic rings. The second kappa shape index (κ2) is 16.9. The summed E-state index contributed by atoms with van der Waals surface area (Å²) in [5, 5.41) is 9.92. The first kappa shape index (κ1) is 25.0. The predicted octanol–water partition coefficient (Wildman–Crippen LogP) is 6.56. The van der Waals surface area contributed by atoms with Crippen LogP contribution >= 0.6 is 0 Å². The predicted molar refractivity (Wildman–Crippen MR) is 117 cm³/mol. The molecule has 1 heterocycles. The normalized spacial score (nSPS) is 21.4. The van der Waals surface area contributed by atoms with Gasteiger partial charge in [-0.25, -0.2) is 0 Å². The average Bonchev–Trinajstić information content (AvgIpc) is 2.92. The second-order valence-corrected chi connectivity index (χ2v) is 8.48.